The number of carboxylic acids is 1. The third kappa shape index (κ3) is 2.03. The second-order valence-corrected chi connectivity index (χ2v) is 3.88. The first-order valence-corrected chi connectivity index (χ1v) is 5.57. The van der Waals surface area contributed by atoms with Gasteiger partial charge in [-0.2, -0.15) is 4.98 Å². The molecular weight excluding hydrogens is 250 g/mol. The second-order valence-electron chi connectivity index (χ2n) is 3.88. The number of aromatic carboxylic acids is 1. The van der Waals surface area contributed by atoms with Crippen molar-refractivity contribution in [3.63, 3.8) is 0 Å². The number of hydrogen-bond donors (Lipinski definition) is 1. The summed E-state index contributed by atoms with van der Waals surface area (Å²) < 4.78 is 6.51. The molecule has 2 aromatic heterocycles. The fourth-order valence-corrected chi connectivity index (χ4v) is 1.84. The normalized spacial score (nSPS) is 10.9. The first-order chi connectivity index (χ1) is 9.25. The monoisotopic (exact) mass is 259 g/mol. The van der Waals surface area contributed by atoms with Crippen molar-refractivity contribution in [2.45, 2.75) is 13.0 Å². The summed E-state index contributed by atoms with van der Waals surface area (Å²) in [6, 6.07) is 4.94. The smallest absolute Gasteiger partial charge is 0.338 e. The molecular formula is C11H9N5O3. The largest absolute Gasteiger partial charge is 0.478 e. The third-order valence-corrected chi connectivity index (χ3v) is 2.72. The summed E-state index contributed by atoms with van der Waals surface area (Å²) in [4.78, 5) is 15.0. The lowest BCUT2D eigenvalue weighted by molar-refractivity contribution is 0.0699. The quantitative estimate of drug-likeness (QED) is 0.736. The molecule has 2 heterocycles. The fraction of sp³-hybridized carbons (Fsp3) is 0.182. The van der Waals surface area contributed by atoms with Crippen LogP contribution in [-0.2, 0) is 13.0 Å². The second kappa shape index (κ2) is 4.48. The number of fused-ring (bicyclic) bond motifs is 1. The lowest BCUT2D eigenvalue weighted by Crippen LogP contribution is -2.03. The highest BCUT2D eigenvalue weighted by Gasteiger charge is 2.13. The predicted molar refractivity (Wildman–Crippen MR) is 62.5 cm³/mol. The number of aromatic nitrogens is 5. The van der Waals surface area contributed by atoms with Gasteiger partial charge in [0.2, 0.25) is 5.89 Å². The Labute approximate surface area is 106 Å². The molecule has 3 aromatic rings. The van der Waals surface area contributed by atoms with E-state index in [-0.39, 0.29) is 5.56 Å². The summed E-state index contributed by atoms with van der Waals surface area (Å²) in [5, 5.41) is 20.4. The zero-order chi connectivity index (χ0) is 13.2. The van der Waals surface area contributed by atoms with Crippen molar-refractivity contribution in [3.05, 3.63) is 36.0 Å². The van der Waals surface area contributed by atoms with Crippen molar-refractivity contribution < 1.29 is 14.4 Å². The number of aryl methyl sites for hydroxylation is 2. The van der Waals surface area contributed by atoms with Crippen molar-refractivity contribution in [1.82, 2.24) is 25.1 Å². The van der Waals surface area contributed by atoms with E-state index in [4.69, 9.17) is 9.63 Å². The average molecular weight is 259 g/mol. The highest BCUT2D eigenvalue weighted by Crippen LogP contribution is 2.16. The number of hydrogen-bond acceptors (Lipinski definition) is 6. The fourth-order valence-electron chi connectivity index (χ4n) is 1.84. The van der Waals surface area contributed by atoms with Gasteiger partial charge in [0, 0.05) is 6.42 Å². The van der Waals surface area contributed by atoms with E-state index in [0.29, 0.717) is 29.9 Å². The molecule has 0 fully saturated rings. The summed E-state index contributed by atoms with van der Waals surface area (Å²) in [7, 11) is 0. The lowest BCUT2D eigenvalue weighted by atomic mass is 10.2. The van der Waals surface area contributed by atoms with Gasteiger partial charge in [0.25, 0.3) is 0 Å². The molecule has 0 atom stereocenters. The summed E-state index contributed by atoms with van der Waals surface area (Å²) in [6.45, 7) is 0.488. The minimum atomic E-state index is -1.02. The Balaban J connectivity index is 1.92. The van der Waals surface area contributed by atoms with Crippen molar-refractivity contribution in [1.29, 1.82) is 0 Å². The number of carboxylic acid groups (broad SMARTS) is 1. The zero-order valence-corrected chi connectivity index (χ0v) is 9.72. The SMILES string of the molecule is O=C(O)c1cccc2c1nnn2CCc1ncno1. The van der Waals surface area contributed by atoms with E-state index in [2.05, 4.69) is 20.5 Å². The minimum Gasteiger partial charge on any atom is -0.478 e. The van der Waals surface area contributed by atoms with Crippen molar-refractivity contribution >= 4 is 17.0 Å². The van der Waals surface area contributed by atoms with E-state index in [1.54, 1.807) is 16.8 Å². The Morgan fingerprint density at radius 1 is 1.42 bits per heavy atom. The molecule has 19 heavy (non-hydrogen) atoms. The number of benzene rings is 1. The first kappa shape index (κ1) is 11.3. The van der Waals surface area contributed by atoms with Gasteiger partial charge < -0.3 is 9.63 Å². The van der Waals surface area contributed by atoms with E-state index in [9.17, 15) is 4.79 Å². The van der Waals surface area contributed by atoms with Gasteiger partial charge >= 0.3 is 5.97 Å². The van der Waals surface area contributed by atoms with Gasteiger partial charge in [-0.05, 0) is 12.1 Å². The van der Waals surface area contributed by atoms with Gasteiger partial charge in [0.05, 0.1) is 17.6 Å². The maximum Gasteiger partial charge on any atom is 0.338 e. The molecule has 1 N–H and O–H groups in total. The average Bonchev–Trinajstić information content (AvgIpc) is 3.05. The van der Waals surface area contributed by atoms with Crippen LogP contribution in [0, 0.1) is 0 Å². The molecule has 0 aliphatic heterocycles. The van der Waals surface area contributed by atoms with Crippen molar-refractivity contribution in [3.8, 4) is 0 Å². The van der Waals surface area contributed by atoms with Gasteiger partial charge in [0.1, 0.15) is 5.52 Å². The highest BCUT2D eigenvalue weighted by atomic mass is 16.5. The Morgan fingerprint density at radius 3 is 3.05 bits per heavy atom. The molecule has 3 rings (SSSR count). The molecule has 96 valence electrons. The van der Waals surface area contributed by atoms with Crippen LogP contribution < -0.4 is 0 Å². The van der Waals surface area contributed by atoms with E-state index >= 15 is 0 Å². The van der Waals surface area contributed by atoms with Crippen LogP contribution in [-0.4, -0.2) is 36.2 Å². The van der Waals surface area contributed by atoms with Crippen molar-refractivity contribution in [2.24, 2.45) is 0 Å². The highest BCUT2D eigenvalue weighted by molar-refractivity contribution is 6.00. The van der Waals surface area contributed by atoms with Crippen LogP contribution >= 0.6 is 0 Å². The molecule has 0 saturated heterocycles. The standard InChI is InChI=1S/C11H9N5O3/c17-11(18)7-2-1-3-8-10(7)14-15-16(8)5-4-9-12-6-13-19-9/h1-3,6H,4-5H2,(H,17,18). The van der Waals surface area contributed by atoms with E-state index in [1.807, 2.05) is 0 Å². The Kier molecular flexibility index (Phi) is 2.67. The van der Waals surface area contributed by atoms with Gasteiger partial charge in [-0.25, -0.2) is 9.48 Å². The minimum absolute atomic E-state index is 0.140. The van der Waals surface area contributed by atoms with Crippen LogP contribution in [0.3, 0.4) is 0 Å². The molecule has 0 amide bonds. The van der Waals surface area contributed by atoms with E-state index < -0.39 is 5.97 Å². The van der Waals surface area contributed by atoms with Crippen LogP contribution in [0.2, 0.25) is 0 Å². The predicted octanol–water partition coefficient (Wildman–Crippen LogP) is 0.755. The Hall–Kier alpha value is -2.77. The van der Waals surface area contributed by atoms with Crippen LogP contribution in [0.5, 0.6) is 0 Å². The molecule has 0 bridgehead atoms. The molecule has 0 aliphatic rings. The van der Waals surface area contributed by atoms with E-state index in [0.717, 1.165) is 0 Å². The third-order valence-electron chi connectivity index (χ3n) is 2.72. The van der Waals surface area contributed by atoms with Crippen LogP contribution in [0.25, 0.3) is 11.0 Å². The van der Waals surface area contributed by atoms with Crippen LogP contribution in [0.15, 0.2) is 29.0 Å². The number of rotatable bonds is 4. The molecule has 0 aliphatic carbocycles. The number of nitrogens with zero attached hydrogens (tertiary/aromatic N) is 5. The van der Waals surface area contributed by atoms with Crippen LogP contribution in [0.4, 0.5) is 0 Å². The number of carbonyl (C=O) groups is 1. The van der Waals surface area contributed by atoms with Crippen molar-refractivity contribution in [2.75, 3.05) is 0 Å². The summed E-state index contributed by atoms with van der Waals surface area (Å²) in [6.07, 6.45) is 1.84. The maximum atomic E-state index is 11.1. The lowest BCUT2D eigenvalue weighted by Gasteiger charge is -2.00. The first-order valence-electron chi connectivity index (χ1n) is 5.57. The maximum absolute atomic E-state index is 11.1. The molecule has 0 saturated carbocycles. The van der Waals surface area contributed by atoms with Gasteiger partial charge in [-0.15, -0.1) is 5.10 Å². The molecule has 1 aromatic carbocycles. The van der Waals surface area contributed by atoms with Gasteiger partial charge in [0.15, 0.2) is 6.33 Å². The molecule has 8 heteroatoms. The topological polar surface area (TPSA) is 107 Å². The molecule has 0 radical (unpaired) electrons. The molecule has 8 nitrogen and oxygen atoms in total. The van der Waals surface area contributed by atoms with Gasteiger partial charge in [-0.1, -0.05) is 16.4 Å². The molecule has 0 unspecified atom stereocenters. The van der Waals surface area contributed by atoms with E-state index in [1.165, 1.54) is 12.4 Å². The zero-order valence-electron chi connectivity index (χ0n) is 9.72. The summed E-state index contributed by atoms with van der Waals surface area (Å²) in [5.74, 6) is -0.521. The molecule has 0 spiro atoms. The summed E-state index contributed by atoms with van der Waals surface area (Å²) in [5.41, 5.74) is 1.18. The Morgan fingerprint density at radius 2 is 2.32 bits per heavy atom. The van der Waals surface area contributed by atoms with Crippen LogP contribution in [0.1, 0.15) is 16.2 Å². The summed E-state index contributed by atoms with van der Waals surface area (Å²) >= 11 is 0. The van der Waals surface area contributed by atoms with Gasteiger partial charge in [-0.3, -0.25) is 0 Å². The Bertz CT molecular complexity index is 719.